The second kappa shape index (κ2) is 10.8. The first-order valence-electron chi connectivity index (χ1n) is 11.1. The highest BCUT2D eigenvalue weighted by Gasteiger charge is 2.23. The number of nitrogens with zero attached hydrogens (tertiary/aromatic N) is 3. The van der Waals surface area contributed by atoms with E-state index in [0.717, 1.165) is 16.1 Å². The summed E-state index contributed by atoms with van der Waals surface area (Å²) in [4.78, 5) is 18.1. The molecule has 7 nitrogen and oxygen atoms in total. The molecule has 3 aromatic carbocycles. The van der Waals surface area contributed by atoms with E-state index in [9.17, 15) is 13.2 Å². The second-order valence-electron chi connectivity index (χ2n) is 7.67. The average molecular weight is 507 g/mol. The zero-order valence-electron chi connectivity index (χ0n) is 19.5. The van der Waals surface area contributed by atoms with Gasteiger partial charge in [-0.05, 0) is 73.3 Å². The van der Waals surface area contributed by atoms with Gasteiger partial charge >= 0.3 is 0 Å². The number of amides is 1. The van der Waals surface area contributed by atoms with Crippen molar-refractivity contribution < 1.29 is 13.2 Å². The first kappa shape index (κ1) is 24.6. The minimum absolute atomic E-state index is 0.232. The number of hydrogen-bond acceptors (Lipinski definition) is 5. The number of imidazole rings is 1. The van der Waals surface area contributed by atoms with Gasteiger partial charge in [-0.2, -0.15) is 0 Å². The predicted octanol–water partition coefficient (Wildman–Crippen LogP) is 4.74. The molecule has 0 spiro atoms. The standard InChI is InChI=1S/C26H26N4O3S2/c1-3-30(35(32,33)24-14-12-23(34-2)13-15-24)22-10-8-20(9-11-22)26(31)28-18-21-6-4-5-7-25(21)29-17-16-27-19-29/h4-17,19H,3,18H2,1-2H3,(H,28,31). The summed E-state index contributed by atoms with van der Waals surface area (Å²) in [6.07, 6.45) is 7.21. The van der Waals surface area contributed by atoms with Gasteiger partial charge in [0.2, 0.25) is 0 Å². The van der Waals surface area contributed by atoms with Crippen LogP contribution in [-0.4, -0.2) is 36.7 Å². The van der Waals surface area contributed by atoms with E-state index in [1.807, 2.05) is 41.3 Å². The maximum absolute atomic E-state index is 13.2. The molecular formula is C26H26N4O3S2. The Labute approximate surface area is 209 Å². The first-order chi connectivity index (χ1) is 16.9. The number of anilines is 1. The summed E-state index contributed by atoms with van der Waals surface area (Å²) in [5, 5.41) is 2.94. The van der Waals surface area contributed by atoms with Crippen LogP contribution < -0.4 is 9.62 Å². The summed E-state index contributed by atoms with van der Waals surface area (Å²) in [6.45, 7) is 2.39. The van der Waals surface area contributed by atoms with Crippen LogP contribution in [0.2, 0.25) is 0 Å². The SMILES string of the molecule is CCN(c1ccc(C(=O)NCc2ccccc2-n2ccnc2)cc1)S(=O)(=O)c1ccc(SC)cc1. The van der Waals surface area contributed by atoms with E-state index in [1.54, 1.807) is 79.7 Å². The zero-order chi connectivity index (χ0) is 24.8. The van der Waals surface area contributed by atoms with Crippen LogP contribution in [-0.2, 0) is 16.6 Å². The van der Waals surface area contributed by atoms with Gasteiger partial charge in [0.1, 0.15) is 0 Å². The van der Waals surface area contributed by atoms with Crippen LogP contribution >= 0.6 is 11.8 Å². The van der Waals surface area contributed by atoms with Crippen LogP contribution in [0, 0.1) is 0 Å². The van der Waals surface area contributed by atoms with E-state index in [4.69, 9.17) is 0 Å². The molecule has 0 radical (unpaired) electrons. The molecule has 0 aliphatic carbocycles. The molecule has 1 aromatic heterocycles. The molecule has 1 amide bonds. The van der Waals surface area contributed by atoms with Crippen molar-refractivity contribution in [2.75, 3.05) is 17.1 Å². The third-order valence-electron chi connectivity index (χ3n) is 5.57. The topological polar surface area (TPSA) is 84.3 Å². The smallest absolute Gasteiger partial charge is 0.264 e. The lowest BCUT2D eigenvalue weighted by atomic mass is 10.1. The van der Waals surface area contributed by atoms with Crippen LogP contribution in [0.15, 0.2) is 101 Å². The maximum atomic E-state index is 13.2. The van der Waals surface area contributed by atoms with Gasteiger partial charge in [0.05, 0.1) is 22.6 Å². The molecule has 0 aliphatic rings. The number of sulfonamides is 1. The molecule has 4 aromatic rings. The Morgan fingerprint density at radius 2 is 1.74 bits per heavy atom. The Balaban J connectivity index is 1.48. The molecule has 0 fully saturated rings. The van der Waals surface area contributed by atoms with Crippen molar-refractivity contribution in [2.24, 2.45) is 0 Å². The fraction of sp³-hybridized carbons (Fsp3) is 0.154. The average Bonchev–Trinajstić information content (AvgIpc) is 3.43. The van der Waals surface area contributed by atoms with E-state index in [1.165, 1.54) is 4.31 Å². The van der Waals surface area contributed by atoms with Gasteiger partial charge in [-0.15, -0.1) is 11.8 Å². The van der Waals surface area contributed by atoms with E-state index >= 15 is 0 Å². The highest BCUT2D eigenvalue weighted by Crippen LogP contribution is 2.25. The van der Waals surface area contributed by atoms with Crippen LogP contribution in [0.25, 0.3) is 5.69 Å². The number of carbonyl (C=O) groups is 1. The molecule has 9 heteroatoms. The summed E-state index contributed by atoms with van der Waals surface area (Å²) >= 11 is 1.56. The van der Waals surface area contributed by atoms with Crippen molar-refractivity contribution in [2.45, 2.75) is 23.3 Å². The highest BCUT2D eigenvalue weighted by molar-refractivity contribution is 7.98. The number of nitrogens with one attached hydrogen (secondary N) is 1. The maximum Gasteiger partial charge on any atom is 0.264 e. The van der Waals surface area contributed by atoms with Gasteiger partial charge in [-0.1, -0.05) is 18.2 Å². The van der Waals surface area contributed by atoms with Crippen LogP contribution in [0.1, 0.15) is 22.8 Å². The van der Waals surface area contributed by atoms with Gasteiger partial charge in [-0.3, -0.25) is 9.10 Å². The van der Waals surface area contributed by atoms with E-state index < -0.39 is 10.0 Å². The summed E-state index contributed by atoms with van der Waals surface area (Å²) < 4.78 is 29.6. The third kappa shape index (κ3) is 5.41. The number of carbonyl (C=O) groups excluding carboxylic acids is 1. The number of rotatable bonds is 9. The molecular weight excluding hydrogens is 480 g/mol. The second-order valence-corrected chi connectivity index (χ2v) is 10.4. The minimum Gasteiger partial charge on any atom is -0.348 e. The Morgan fingerprint density at radius 3 is 2.37 bits per heavy atom. The summed E-state index contributed by atoms with van der Waals surface area (Å²) in [7, 11) is -3.72. The number of para-hydroxylation sites is 1. The van der Waals surface area contributed by atoms with Gasteiger partial charge in [0.15, 0.2) is 0 Å². The highest BCUT2D eigenvalue weighted by atomic mass is 32.2. The van der Waals surface area contributed by atoms with E-state index in [0.29, 0.717) is 17.8 Å². The number of hydrogen-bond donors (Lipinski definition) is 1. The van der Waals surface area contributed by atoms with Gasteiger partial charge in [-0.25, -0.2) is 13.4 Å². The van der Waals surface area contributed by atoms with Gasteiger partial charge in [0, 0.05) is 35.9 Å². The Hall–Kier alpha value is -3.56. The van der Waals surface area contributed by atoms with E-state index in [2.05, 4.69) is 10.3 Å². The fourth-order valence-electron chi connectivity index (χ4n) is 3.74. The molecule has 4 rings (SSSR count). The summed E-state index contributed by atoms with van der Waals surface area (Å²) in [6, 6.07) is 21.2. The lowest BCUT2D eigenvalue weighted by molar-refractivity contribution is 0.0951. The van der Waals surface area contributed by atoms with Crippen molar-refractivity contribution in [1.29, 1.82) is 0 Å². The van der Waals surface area contributed by atoms with Crippen LogP contribution in [0.4, 0.5) is 5.69 Å². The molecule has 35 heavy (non-hydrogen) atoms. The minimum atomic E-state index is -3.72. The number of benzene rings is 3. The fourth-order valence-corrected chi connectivity index (χ4v) is 5.62. The van der Waals surface area contributed by atoms with Crippen LogP contribution in [0.5, 0.6) is 0 Å². The molecule has 1 heterocycles. The summed E-state index contributed by atoms with van der Waals surface area (Å²) in [5.74, 6) is -0.240. The molecule has 180 valence electrons. The van der Waals surface area contributed by atoms with Crippen LogP contribution in [0.3, 0.4) is 0 Å². The van der Waals surface area contributed by atoms with Crippen molar-refractivity contribution in [1.82, 2.24) is 14.9 Å². The van der Waals surface area contributed by atoms with Crippen molar-refractivity contribution in [3.8, 4) is 5.69 Å². The zero-order valence-corrected chi connectivity index (χ0v) is 21.1. The summed E-state index contributed by atoms with van der Waals surface area (Å²) in [5.41, 5.74) is 2.84. The molecule has 0 saturated heterocycles. The molecule has 0 unspecified atom stereocenters. The van der Waals surface area contributed by atoms with Gasteiger partial charge < -0.3 is 9.88 Å². The monoisotopic (exact) mass is 506 g/mol. The third-order valence-corrected chi connectivity index (χ3v) is 8.23. The Morgan fingerprint density at radius 1 is 1.03 bits per heavy atom. The lowest BCUT2D eigenvalue weighted by Crippen LogP contribution is -2.31. The van der Waals surface area contributed by atoms with Gasteiger partial charge in [0.25, 0.3) is 15.9 Å². The largest absolute Gasteiger partial charge is 0.348 e. The molecule has 0 bridgehead atoms. The predicted molar refractivity (Wildman–Crippen MR) is 140 cm³/mol. The van der Waals surface area contributed by atoms with Crippen molar-refractivity contribution in [3.63, 3.8) is 0 Å². The Kier molecular flexibility index (Phi) is 7.57. The van der Waals surface area contributed by atoms with Crippen molar-refractivity contribution in [3.05, 3.63) is 103 Å². The normalized spacial score (nSPS) is 11.3. The molecule has 0 saturated carbocycles. The number of aromatic nitrogens is 2. The molecule has 1 N–H and O–H groups in total. The first-order valence-corrected chi connectivity index (χ1v) is 13.7. The molecule has 0 atom stereocenters. The Bertz CT molecular complexity index is 1390. The van der Waals surface area contributed by atoms with Crippen molar-refractivity contribution >= 4 is 33.4 Å². The quantitative estimate of drug-likeness (QED) is 0.332. The lowest BCUT2D eigenvalue weighted by Gasteiger charge is -2.23. The van der Waals surface area contributed by atoms with E-state index in [-0.39, 0.29) is 17.3 Å². The molecule has 0 aliphatic heterocycles. The number of thioether (sulfide) groups is 1.